The van der Waals surface area contributed by atoms with Crippen LogP contribution in [-0.2, 0) is 0 Å². The molecule has 0 bridgehead atoms. The number of nitrogens with zero attached hydrogens (tertiary/aromatic N) is 5. The summed E-state index contributed by atoms with van der Waals surface area (Å²) in [4.78, 5) is 24.5. The van der Waals surface area contributed by atoms with Crippen molar-refractivity contribution in [1.82, 2.24) is 19.4 Å². The molecule has 0 aliphatic carbocycles. The number of likely N-dealkylation sites (tertiary alicyclic amines) is 1. The van der Waals surface area contributed by atoms with Crippen molar-refractivity contribution in [2.24, 2.45) is 5.73 Å². The fourth-order valence-corrected chi connectivity index (χ4v) is 4.58. The molecule has 0 saturated carbocycles. The van der Waals surface area contributed by atoms with E-state index >= 15 is 0 Å². The summed E-state index contributed by atoms with van der Waals surface area (Å²) in [5.41, 5.74) is 7.26. The standard InChI is InChI=1S/C26H27F2N7O/c1-33(12-13-34-10-4-5-11-34)23-9-8-17(14-20(23)27)31-26-30-15-21(28)25(32-26)35-16-19(24(29)36)18-6-2-3-7-22(18)35/h2-3,6-9,14-16H,4-5,10-13H2,1H3,(H2,29,36)(H,30,31,32). The van der Waals surface area contributed by atoms with E-state index in [1.807, 2.05) is 11.9 Å². The number of hydrogen-bond donors (Lipinski definition) is 2. The first-order valence-corrected chi connectivity index (χ1v) is 11.8. The van der Waals surface area contributed by atoms with Gasteiger partial charge in [0.15, 0.2) is 11.6 Å². The van der Waals surface area contributed by atoms with Crippen LogP contribution in [-0.4, -0.2) is 58.6 Å². The highest BCUT2D eigenvalue weighted by molar-refractivity contribution is 6.06. The molecular weight excluding hydrogens is 464 g/mol. The van der Waals surface area contributed by atoms with Crippen LogP contribution in [0.1, 0.15) is 23.2 Å². The topological polar surface area (TPSA) is 92.3 Å². The largest absolute Gasteiger partial charge is 0.371 e. The second kappa shape index (κ2) is 9.90. The summed E-state index contributed by atoms with van der Waals surface area (Å²) in [6.07, 6.45) is 4.92. The number of fused-ring (bicyclic) bond motifs is 1. The maximum atomic E-state index is 14.9. The number of aromatic nitrogens is 3. The molecule has 3 N–H and O–H groups in total. The molecule has 10 heteroatoms. The number of benzene rings is 2. The molecule has 1 amide bonds. The number of hydrogen-bond acceptors (Lipinski definition) is 6. The lowest BCUT2D eigenvalue weighted by molar-refractivity contribution is 0.100. The quantitative estimate of drug-likeness (QED) is 0.386. The zero-order valence-electron chi connectivity index (χ0n) is 19.9. The summed E-state index contributed by atoms with van der Waals surface area (Å²) in [7, 11) is 1.87. The molecule has 36 heavy (non-hydrogen) atoms. The molecular formula is C26H27F2N7O. The summed E-state index contributed by atoms with van der Waals surface area (Å²) in [6.45, 7) is 3.82. The molecule has 0 radical (unpaired) electrons. The van der Waals surface area contributed by atoms with Gasteiger partial charge in [0.1, 0.15) is 5.82 Å². The third-order valence-electron chi connectivity index (χ3n) is 6.50. The minimum Gasteiger partial charge on any atom is -0.371 e. The first-order chi connectivity index (χ1) is 17.4. The van der Waals surface area contributed by atoms with E-state index in [-0.39, 0.29) is 23.1 Å². The molecule has 4 aromatic rings. The molecule has 1 saturated heterocycles. The summed E-state index contributed by atoms with van der Waals surface area (Å²) in [5, 5.41) is 3.53. The zero-order valence-corrected chi connectivity index (χ0v) is 19.9. The number of halogens is 2. The van der Waals surface area contributed by atoms with Crippen LogP contribution >= 0.6 is 0 Å². The average molecular weight is 492 g/mol. The Morgan fingerprint density at radius 1 is 1.14 bits per heavy atom. The van der Waals surface area contributed by atoms with Crippen molar-refractivity contribution in [3.05, 3.63) is 72.1 Å². The van der Waals surface area contributed by atoms with Crippen LogP contribution in [0.4, 0.5) is 26.1 Å². The van der Waals surface area contributed by atoms with Crippen LogP contribution in [0.2, 0.25) is 0 Å². The minimum atomic E-state index is -0.682. The molecule has 8 nitrogen and oxygen atoms in total. The highest BCUT2D eigenvalue weighted by atomic mass is 19.1. The van der Waals surface area contributed by atoms with Gasteiger partial charge >= 0.3 is 0 Å². The molecule has 1 aliphatic heterocycles. The van der Waals surface area contributed by atoms with Gasteiger partial charge in [-0.2, -0.15) is 4.98 Å². The number of amides is 1. The molecule has 2 aromatic carbocycles. The fourth-order valence-electron chi connectivity index (χ4n) is 4.58. The lowest BCUT2D eigenvalue weighted by Crippen LogP contribution is -2.31. The maximum Gasteiger partial charge on any atom is 0.250 e. The van der Waals surface area contributed by atoms with E-state index in [0.29, 0.717) is 22.3 Å². The van der Waals surface area contributed by atoms with E-state index in [1.165, 1.54) is 29.7 Å². The van der Waals surface area contributed by atoms with Crippen LogP contribution in [0.25, 0.3) is 16.7 Å². The lowest BCUT2D eigenvalue weighted by atomic mass is 10.2. The molecule has 0 atom stereocenters. The van der Waals surface area contributed by atoms with Crippen molar-refractivity contribution in [1.29, 1.82) is 0 Å². The van der Waals surface area contributed by atoms with Gasteiger partial charge in [-0.05, 0) is 50.2 Å². The van der Waals surface area contributed by atoms with Gasteiger partial charge in [-0.1, -0.05) is 18.2 Å². The van der Waals surface area contributed by atoms with Crippen LogP contribution in [0, 0.1) is 11.6 Å². The number of likely N-dealkylation sites (N-methyl/N-ethyl adjacent to an activating group) is 1. The molecule has 1 aliphatic rings. The third kappa shape index (κ3) is 4.72. The van der Waals surface area contributed by atoms with Crippen molar-refractivity contribution in [2.75, 3.05) is 43.4 Å². The number of carbonyl (C=O) groups is 1. The minimum absolute atomic E-state index is 0.0602. The van der Waals surface area contributed by atoms with Crippen molar-refractivity contribution in [3.8, 4) is 5.82 Å². The maximum absolute atomic E-state index is 14.9. The van der Waals surface area contributed by atoms with Crippen LogP contribution < -0.4 is 16.0 Å². The summed E-state index contributed by atoms with van der Waals surface area (Å²) >= 11 is 0. The number of nitrogens with two attached hydrogens (primary N) is 1. The van der Waals surface area contributed by atoms with Crippen LogP contribution in [0.15, 0.2) is 54.9 Å². The predicted molar refractivity (Wildman–Crippen MR) is 136 cm³/mol. The summed E-state index contributed by atoms with van der Waals surface area (Å²) in [6, 6.07) is 11.8. The Bertz CT molecular complexity index is 1410. The van der Waals surface area contributed by atoms with Crippen LogP contribution in [0.3, 0.4) is 0 Å². The van der Waals surface area contributed by atoms with Gasteiger partial charge in [0.2, 0.25) is 5.95 Å². The zero-order chi connectivity index (χ0) is 25.2. The molecule has 0 unspecified atom stereocenters. The number of rotatable bonds is 8. The van der Waals surface area contributed by atoms with Gasteiger partial charge < -0.3 is 20.9 Å². The SMILES string of the molecule is CN(CCN1CCCC1)c1ccc(Nc2ncc(F)c(-n3cc(C(N)=O)c4ccccc43)n2)cc1F. The van der Waals surface area contributed by atoms with E-state index in [2.05, 4.69) is 20.2 Å². The summed E-state index contributed by atoms with van der Waals surface area (Å²) < 4.78 is 31.1. The van der Waals surface area contributed by atoms with E-state index < -0.39 is 11.7 Å². The Morgan fingerprint density at radius 3 is 2.67 bits per heavy atom. The monoisotopic (exact) mass is 491 g/mol. The average Bonchev–Trinajstić information content (AvgIpc) is 3.52. The number of para-hydroxylation sites is 1. The number of carbonyl (C=O) groups excluding carboxylic acids is 1. The van der Waals surface area contributed by atoms with Gasteiger partial charge in [-0.15, -0.1) is 0 Å². The van der Waals surface area contributed by atoms with Crippen molar-refractivity contribution in [3.63, 3.8) is 0 Å². The molecule has 1 fully saturated rings. The first-order valence-electron chi connectivity index (χ1n) is 11.8. The molecule has 5 rings (SSSR count). The molecule has 3 heterocycles. The second-order valence-electron chi connectivity index (χ2n) is 8.92. The Labute approximate surface area is 207 Å². The highest BCUT2D eigenvalue weighted by Crippen LogP contribution is 2.27. The molecule has 186 valence electrons. The van der Waals surface area contributed by atoms with E-state index in [4.69, 9.17) is 5.73 Å². The number of nitrogens with one attached hydrogen (secondary N) is 1. The van der Waals surface area contributed by atoms with E-state index in [1.54, 1.807) is 36.4 Å². The Balaban J connectivity index is 1.37. The number of primary amides is 1. The van der Waals surface area contributed by atoms with E-state index in [9.17, 15) is 13.6 Å². The third-order valence-corrected chi connectivity index (χ3v) is 6.50. The number of anilines is 3. The smallest absolute Gasteiger partial charge is 0.250 e. The van der Waals surface area contributed by atoms with Crippen molar-refractivity contribution in [2.45, 2.75) is 12.8 Å². The molecule has 2 aromatic heterocycles. The van der Waals surface area contributed by atoms with Crippen molar-refractivity contribution >= 4 is 34.1 Å². The fraction of sp³-hybridized carbons (Fsp3) is 0.269. The van der Waals surface area contributed by atoms with Gasteiger partial charge in [0, 0.05) is 37.4 Å². The van der Waals surface area contributed by atoms with Gasteiger partial charge in [0.05, 0.1) is 23.0 Å². The van der Waals surface area contributed by atoms with Gasteiger partial charge in [0.25, 0.3) is 5.91 Å². The first kappa shape index (κ1) is 23.7. The Kier molecular flexibility index (Phi) is 6.51. The van der Waals surface area contributed by atoms with Crippen LogP contribution in [0.5, 0.6) is 0 Å². The Morgan fingerprint density at radius 2 is 1.92 bits per heavy atom. The van der Waals surface area contributed by atoms with Gasteiger partial charge in [-0.3, -0.25) is 9.36 Å². The van der Waals surface area contributed by atoms with Gasteiger partial charge in [-0.25, -0.2) is 13.8 Å². The van der Waals surface area contributed by atoms with Crippen molar-refractivity contribution < 1.29 is 13.6 Å². The highest BCUT2D eigenvalue weighted by Gasteiger charge is 2.18. The normalized spacial score (nSPS) is 13.9. The second-order valence-corrected chi connectivity index (χ2v) is 8.92. The predicted octanol–water partition coefficient (Wildman–Crippen LogP) is 4.07. The lowest BCUT2D eigenvalue weighted by Gasteiger charge is -2.23. The summed E-state index contributed by atoms with van der Waals surface area (Å²) in [5.74, 6) is -1.67. The van der Waals surface area contributed by atoms with E-state index in [0.717, 1.165) is 32.4 Å². The Hall–Kier alpha value is -4.05. The molecule has 0 spiro atoms.